The van der Waals surface area contributed by atoms with E-state index in [9.17, 15) is 58.5 Å². The van der Waals surface area contributed by atoms with Gasteiger partial charge in [-0.1, -0.05) is 113 Å². The van der Waals surface area contributed by atoms with Gasteiger partial charge in [-0.15, -0.1) is 0 Å². The SMILES string of the molecule is C[C@@H](O)[C@@H]1NC(=O)[C@H](CCCCCN)NC(=O)[C@@H](Cc2ccc(NC(=O)c3ccccc3)cc2)NC(=O)[C@H](Cc2ccc(O)cc2)NC(=O)[C@H](NC(=O)[C@@H](N)Cc2ccc(Cl)cc2)CSSC[C@@H](C(=O)/N=C(\Cc2ccc(O)cc2)C(N)=O)NC1=O. The van der Waals surface area contributed by atoms with Crippen LogP contribution in [0.5, 0.6) is 11.5 Å². The molecular weight excluding hydrogens is 1170 g/mol. The predicted octanol–water partition coefficient (Wildman–Crippen LogP) is 2.26. The van der Waals surface area contributed by atoms with Crippen LogP contribution in [-0.2, 0) is 64.0 Å². The summed E-state index contributed by atoms with van der Waals surface area (Å²) in [6.45, 7) is 1.53. The molecule has 0 radical (unpaired) electrons. The highest BCUT2D eigenvalue weighted by molar-refractivity contribution is 8.76. The van der Waals surface area contributed by atoms with Gasteiger partial charge in [-0.05, 0) is 116 Å². The molecule has 1 heterocycles. The molecule has 86 heavy (non-hydrogen) atoms. The van der Waals surface area contributed by atoms with Crippen molar-refractivity contribution in [2.45, 2.75) is 107 Å². The van der Waals surface area contributed by atoms with Crippen molar-refractivity contribution in [1.82, 2.24) is 31.9 Å². The molecule has 8 atom stereocenters. The second-order valence-corrected chi connectivity index (χ2v) is 23.4. The van der Waals surface area contributed by atoms with Gasteiger partial charge in [0.2, 0.25) is 35.4 Å². The van der Waals surface area contributed by atoms with Crippen LogP contribution in [0.4, 0.5) is 5.69 Å². The minimum Gasteiger partial charge on any atom is -0.508 e. The first-order valence-corrected chi connectivity index (χ1v) is 30.4. The van der Waals surface area contributed by atoms with Gasteiger partial charge < -0.3 is 69.7 Å². The van der Waals surface area contributed by atoms with E-state index in [1.807, 2.05) is 0 Å². The Hall–Kier alpha value is -8.33. The summed E-state index contributed by atoms with van der Waals surface area (Å²) in [5.74, 6) is -8.80. The minimum atomic E-state index is -1.78. The monoisotopic (exact) mass is 1240 g/mol. The van der Waals surface area contributed by atoms with Gasteiger partial charge in [0.05, 0.1) is 12.1 Å². The average molecular weight is 1240 g/mol. The van der Waals surface area contributed by atoms with Crippen LogP contribution in [-0.4, -0.2) is 141 Å². The highest BCUT2D eigenvalue weighted by atomic mass is 35.5. The van der Waals surface area contributed by atoms with Crippen LogP contribution in [0.2, 0.25) is 5.02 Å². The first-order chi connectivity index (χ1) is 41.1. The van der Waals surface area contributed by atoms with Crippen LogP contribution in [0.15, 0.2) is 132 Å². The molecule has 456 valence electrons. The van der Waals surface area contributed by atoms with E-state index >= 15 is 0 Å². The van der Waals surface area contributed by atoms with Gasteiger partial charge in [-0.25, -0.2) is 4.99 Å². The van der Waals surface area contributed by atoms with E-state index in [4.69, 9.17) is 28.8 Å². The number of aliphatic hydroxyl groups excluding tert-OH is 1. The number of hydrogen-bond donors (Lipinski definition) is 13. The molecule has 0 aliphatic carbocycles. The molecule has 0 spiro atoms. The number of aromatic hydroxyl groups is 2. The number of anilines is 1. The number of primary amides is 1. The number of aliphatic imine (C=N–C) groups is 1. The molecule has 26 heteroatoms. The summed E-state index contributed by atoms with van der Waals surface area (Å²) in [6, 6.07) is 22.4. The third-order valence-corrected chi connectivity index (χ3v) is 16.2. The number of benzene rings is 5. The third kappa shape index (κ3) is 21.3. The zero-order valence-electron chi connectivity index (χ0n) is 46.9. The Balaban J connectivity index is 1.41. The summed E-state index contributed by atoms with van der Waals surface area (Å²) >= 11 is 6.09. The molecule has 1 aliphatic heterocycles. The second-order valence-electron chi connectivity index (χ2n) is 20.4. The van der Waals surface area contributed by atoms with Gasteiger partial charge in [0.15, 0.2) is 0 Å². The standard InChI is InChI=1S/C60H70ClN11O12S2/c1-34(73)51-60(84)71-50(58(82)67-46(52(64)76)29-37-15-23-42(74)24-16-37)33-86-85-32-49(70-54(78)44(63)28-35-11-19-40(61)20-12-35)59(83)69-48(31-38-17-25-43(75)26-18-38)57(81)68-47(56(80)66-45(55(79)72-51)10-6-3-7-27-62)30-36-13-21-41(22-14-36)65-53(77)39-8-4-2-5-9-39/h2,4-5,8-9,11-26,34,44-45,47-51,73-75H,3,6-7,10,27-33,62-63H2,1H3,(H2,64,76)(H,65,77)(H,66,80)(H,68,81)(H,69,83)(H,70,78)(H,71,84)(H,72,79)/b67-46+/t34-,44+,45+,47-,48+,49-,50+,51+/m1/s1. The number of carbonyl (C=O) groups excluding carboxylic acids is 9. The summed E-state index contributed by atoms with van der Waals surface area (Å²) in [5, 5.41) is 50.3. The van der Waals surface area contributed by atoms with Crippen molar-refractivity contribution in [3.05, 3.63) is 160 Å². The molecule has 5 aromatic rings. The van der Waals surface area contributed by atoms with Crippen molar-refractivity contribution in [2.24, 2.45) is 22.2 Å². The average Bonchev–Trinajstić information content (AvgIpc) is 3.63. The van der Waals surface area contributed by atoms with E-state index < -0.39 is 101 Å². The van der Waals surface area contributed by atoms with Gasteiger partial charge in [0.1, 0.15) is 53.5 Å². The maximum absolute atomic E-state index is 14.9. The van der Waals surface area contributed by atoms with Gasteiger partial charge in [0, 0.05) is 47.0 Å². The number of rotatable bonds is 20. The number of nitrogens with two attached hydrogens (primary N) is 3. The maximum atomic E-state index is 14.9. The number of carbonyl (C=O) groups is 9. The number of nitrogens with zero attached hydrogens (tertiary/aromatic N) is 1. The molecule has 0 saturated carbocycles. The normalized spacial score (nSPS) is 20.1. The lowest BCUT2D eigenvalue weighted by Crippen LogP contribution is -2.61. The van der Waals surface area contributed by atoms with Crippen molar-refractivity contribution >= 4 is 97.8 Å². The van der Waals surface area contributed by atoms with Crippen molar-refractivity contribution in [2.75, 3.05) is 23.4 Å². The number of halogens is 1. The number of unbranched alkanes of at least 4 members (excludes halogenated alkanes) is 2. The van der Waals surface area contributed by atoms with Crippen LogP contribution >= 0.6 is 33.2 Å². The van der Waals surface area contributed by atoms with E-state index in [1.54, 1.807) is 78.9 Å². The van der Waals surface area contributed by atoms with Crippen LogP contribution < -0.4 is 54.4 Å². The number of phenolic OH excluding ortho intramolecular Hbond substituents is 2. The zero-order valence-corrected chi connectivity index (χ0v) is 49.3. The van der Waals surface area contributed by atoms with Crippen LogP contribution in [0.1, 0.15) is 65.2 Å². The van der Waals surface area contributed by atoms with Gasteiger partial charge in [-0.2, -0.15) is 0 Å². The Morgan fingerprint density at radius 2 is 1.19 bits per heavy atom. The maximum Gasteiger partial charge on any atom is 0.269 e. The lowest BCUT2D eigenvalue weighted by atomic mass is 10.0. The molecule has 6 rings (SSSR count). The number of phenols is 2. The van der Waals surface area contributed by atoms with Crippen LogP contribution in [0.3, 0.4) is 0 Å². The van der Waals surface area contributed by atoms with Crippen LogP contribution in [0.25, 0.3) is 0 Å². The molecule has 1 aliphatic rings. The molecule has 16 N–H and O–H groups in total. The summed E-state index contributed by atoms with van der Waals surface area (Å²) < 4.78 is 0. The van der Waals surface area contributed by atoms with Crippen molar-refractivity contribution in [3.63, 3.8) is 0 Å². The van der Waals surface area contributed by atoms with E-state index in [0.29, 0.717) is 64.3 Å². The van der Waals surface area contributed by atoms with Crippen molar-refractivity contribution in [3.8, 4) is 11.5 Å². The molecule has 0 unspecified atom stereocenters. The Morgan fingerprint density at radius 3 is 1.77 bits per heavy atom. The van der Waals surface area contributed by atoms with E-state index in [1.165, 1.54) is 55.5 Å². The molecular formula is C60H70ClN11O12S2. The smallest absolute Gasteiger partial charge is 0.269 e. The van der Waals surface area contributed by atoms with Crippen molar-refractivity contribution in [1.29, 1.82) is 0 Å². The zero-order chi connectivity index (χ0) is 62.3. The highest BCUT2D eigenvalue weighted by Crippen LogP contribution is 2.25. The second kappa shape index (κ2) is 33.4. The van der Waals surface area contributed by atoms with E-state index in [-0.39, 0.29) is 61.0 Å². The Morgan fingerprint density at radius 1 is 0.651 bits per heavy atom. The summed E-state index contributed by atoms with van der Waals surface area (Å²) in [6.07, 6.45) is -0.965. The molecule has 0 aromatic heterocycles. The third-order valence-electron chi connectivity index (χ3n) is 13.6. The largest absolute Gasteiger partial charge is 0.508 e. The summed E-state index contributed by atoms with van der Waals surface area (Å²) in [4.78, 5) is 131. The molecule has 0 bridgehead atoms. The Labute approximate surface area is 509 Å². The topological polar surface area (TPSA) is 389 Å². The van der Waals surface area contributed by atoms with Gasteiger partial charge in [0.25, 0.3) is 17.7 Å². The lowest BCUT2D eigenvalue weighted by molar-refractivity contribution is -0.136. The molecule has 9 amide bonds. The fourth-order valence-electron chi connectivity index (χ4n) is 8.75. The summed E-state index contributed by atoms with van der Waals surface area (Å²) in [7, 11) is 1.87. The van der Waals surface area contributed by atoms with E-state index in [2.05, 4.69) is 42.2 Å². The molecule has 1 saturated heterocycles. The molecule has 23 nitrogen and oxygen atoms in total. The predicted molar refractivity (Wildman–Crippen MR) is 329 cm³/mol. The van der Waals surface area contributed by atoms with E-state index in [0.717, 1.165) is 21.6 Å². The molecule has 5 aromatic carbocycles. The fraction of sp³-hybridized carbons (Fsp3) is 0.333. The number of nitrogens with one attached hydrogen (secondary N) is 7. The first kappa shape index (κ1) is 66.8. The quantitative estimate of drug-likeness (QED) is 0.0302. The number of aliphatic hydroxyl groups is 1. The number of amides is 9. The van der Waals surface area contributed by atoms with Crippen molar-refractivity contribution < 1.29 is 58.5 Å². The van der Waals surface area contributed by atoms with Gasteiger partial charge in [-0.3, -0.25) is 43.2 Å². The Bertz CT molecular complexity index is 3180. The first-order valence-electron chi connectivity index (χ1n) is 27.5. The Kier molecular flexibility index (Phi) is 25.9. The lowest BCUT2D eigenvalue weighted by Gasteiger charge is -2.29. The van der Waals surface area contributed by atoms with Crippen LogP contribution in [0, 0.1) is 0 Å². The fourth-order valence-corrected chi connectivity index (χ4v) is 11.2. The summed E-state index contributed by atoms with van der Waals surface area (Å²) in [5.41, 5.74) is 20.3. The minimum absolute atomic E-state index is 0.0200. The molecule has 1 fully saturated rings. The number of hydrogen-bond acceptors (Lipinski definition) is 16. The highest BCUT2D eigenvalue weighted by Gasteiger charge is 2.36. The van der Waals surface area contributed by atoms with Gasteiger partial charge >= 0.3 is 0 Å².